The summed E-state index contributed by atoms with van der Waals surface area (Å²) < 4.78 is 28.3. The molecule has 2 heterocycles. The SMILES string of the molecule is COc1ccc(C[NH+]2CCN(C(=O)[C@H]3CCS(=O)(=O)C3)CC2)cc1. The molecular formula is C17H25N2O4S+. The summed E-state index contributed by atoms with van der Waals surface area (Å²) in [6.45, 7) is 4.15. The van der Waals surface area contributed by atoms with Gasteiger partial charge in [0.2, 0.25) is 5.91 Å². The third-order valence-corrected chi connectivity index (χ3v) is 6.75. The zero-order valence-electron chi connectivity index (χ0n) is 14.0. The van der Waals surface area contributed by atoms with Crippen LogP contribution in [0.25, 0.3) is 0 Å². The Balaban J connectivity index is 1.49. The lowest BCUT2D eigenvalue weighted by molar-refractivity contribution is -0.917. The first-order valence-corrected chi connectivity index (χ1v) is 10.2. The summed E-state index contributed by atoms with van der Waals surface area (Å²) >= 11 is 0. The molecule has 1 N–H and O–H groups in total. The van der Waals surface area contributed by atoms with Gasteiger partial charge >= 0.3 is 0 Å². The largest absolute Gasteiger partial charge is 0.497 e. The van der Waals surface area contributed by atoms with E-state index in [-0.39, 0.29) is 23.3 Å². The molecule has 132 valence electrons. The smallest absolute Gasteiger partial charge is 0.227 e. The van der Waals surface area contributed by atoms with Crippen molar-refractivity contribution in [3.8, 4) is 5.75 Å². The number of nitrogens with one attached hydrogen (secondary N) is 1. The Morgan fingerprint density at radius 3 is 2.46 bits per heavy atom. The molecule has 0 saturated carbocycles. The van der Waals surface area contributed by atoms with Gasteiger partial charge in [0.15, 0.2) is 9.84 Å². The average molecular weight is 353 g/mol. The molecule has 2 saturated heterocycles. The molecule has 0 aromatic heterocycles. The number of sulfone groups is 1. The maximum absolute atomic E-state index is 12.5. The van der Waals surface area contributed by atoms with Gasteiger partial charge in [0.1, 0.15) is 12.3 Å². The molecule has 2 aliphatic heterocycles. The Hall–Kier alpha value is -1.60. The van der Waals surface area contributed by atoms with E-state index in [0.29, 0.717) is 19.5 Å². The van der Waals surface area contributed by atoms with Crippen LogP contribution in [0.1, 0.15) is 12.0 Å². The zero-order chi connectivity index (χ0) is 17.2. The Bertz CT molecular complexity index is 679. The van der Waals surface area contributed by atoms with E-state index in [0.717, 1.165) is 25.4 Å². The molecule has 0 spiro atoms. The molecule has 0 aliphatic carbocycles. The predicted octanol–water partition coefficient (Wildman–Crippen LogP) is -0.643. The first kappa shape index (κ1) is 17.2. The molecule has 6 nitrogen and oxygen atoms in total. The quantitative estimate of drug-likeness (QED) is 0.782. The van der Waals surface area contributed by atoms with Crippen LogP contribution in [0, 0.1) is 5.92 Å². The number of benzene rings is 1. The Kier molecular flexibility index (Phi) is 5.10. The summed E-state index contributed by atoms with van der Waals surface area (Å²) in [5.74, 6) is 0.755. The van der Waals surface area contributed by atoms with Gasteiger partial charge in [0.25, 0.3) is 0 Å². The van der Waals surface area contributed by atoms with Gasteiger partial charge in [-0.1, -0.05) is 0 Å². The summed E-state index contributed by atoms with van der Waals surface area (Å²) in [6, 6.07) is 8.09. The number of carbonyl (C=O) groups excluding carboxylic acids is 1. The summed E-state index contributed by atoms with van der Waals surface area (Å²) in [5, 5.41) is 0. The van der Waals surface area contributed by atoms with Crippen LogP contribution in [0.2, 0.25) is 0 Å². The number of carbonyl (C=O) groups is 1. The topological polar surface area (TPSA) is 68.1 Å². The Labute approximate surface area is 143 Å². The lowest BCUT2D eigenvalue weighted by Crippen LogP contribution is -3.13. The van der Waals surface area contributed by atoms with Gasteiger partial charge in [0.05, 0.1) is 50.7 Å². The van der Waals surface area contributed by atoms with Crippen molar-refractivity contribution in [3.63, 3.8) is 0 Å². The first-order chi connectivity index (χ1) is 11.5. The van der Waals surface area contributed by atoms with Crippen molar-refractivity contribution in [2.24, 2.45) is 5.92 Å². The minimum Gasteiger partial charge on any atom is -0.497 e. The van der Waals surface area contributed by atoms with Gasteiger partial charge in [-0.3, -0.25) is 4.79 Å². The number of nitrogens with zero attached hydrogens (tertiary/aromatic N) is 1. The van der Waals surface area contributed by atoms with Crippen molar-refractivity contribution in [3.05, 3.63) is 29.8 Å². The second-order valence-electron chi connectivity index (χ2n) is 6.70. The van der Waals surface area contributed by atoms with E-state index >= 15 is 0 Å². The molecule has 0 unspecified atom stereocenters. The van der Waals surface area contributed by atoms with E-state index in [4.69, 9.17) is 4.74 Å². The number of piperazine rings is 1. The van der Waals surface area contributed by atoms with Crippen molar-refractivity contribution in [1.82, 2.24) is 4.90 Å². The number of ether oxygens (including phenoxy) is 1. The van der Waals surface area contributed by atoms with Crippen LogP contribution >= 0.6 is 0 Å². The molecule has 0 bridgehead atoms. The highest BCUT2D eigenvalue weighted by Crippen LogP contribution is 2.20. The molecule has 7 heteroatoms. The molecule has 1 amide bonds. The lowest BCUT2D eigenvalue weighted by Gasteiger charge is -2.33. The van der Waals surface area contributed by atoms with E-state index in [1.165, 1.54) is 10.5 Å². The molecule has 0 radical (unpaired) electrons. The summed E-state index contributed by atoms with van der Waals surface area (Å²) in [5.41, 5.74) is 1.26. The number of rotatable bonds is 4. The fourth-order valence-electron chi connectivity index (χ4n) is 3.50. The molecule has 24 heavy (non-hydrogen) atoms. The van der Waals surface area contributed by atoms with Crippen LogP contribution in [0.15, 0.2) is 24.3 Å². The van der Waals surface area contributed by atoms with Crippen molar-refractivity contribution in [2.45, 2.75) is 13.0 Å². The fourth-order valence-corrected chi connectivity index (χ4v) is 5.23. The average Bonchev–Trinajstić information content (AvgIpc) is 2.95. The molecule has 2 aliphatic rings. The van der Waals surface area contributed by atoms with Crippen molar-refractivity contribution in [1.29, 1.82) is 0 Å². The van der Waals surface area contributed by atoms with Crippen LogP contribution < -0.4 is 9.64 Å². The van der Waals surface area contributed by atoms with Gasteiger partial charge in [-0.25, -0.2) is 8.42 Å². The highest BCUT2D eigenvalue weighted by molar-refractivity contribution is 7.91. The third kappa shape index (κ3) is 4.08. The molecule has 1 aromatic rings. The van der Waals surface area contributed by atoms with Crippen molar-refractivity contribution < 1.29 is 22.8 Å². The highest BCUT2D eigenvalue weighted by atomic mass is 32.2. The minimum atomic E-state index is -3.00. The molecule has 1 aromatic carbocycles. The van der Waals surface area contributed by atoms with Gasteiger partial charge in [-0.15, -0.1) is 0 Å². The Morgan fingerprint density at radius 2 is 1.92 bits per heavy atom. The van der Waals surface area contributed by atoms with E-state index in [1.54, 1.807) is 7.11 Å². The minimum absolute atomic E-state index is 0.0274. The summed E-state index contributed by atoms with van der Waals surface area (Å²) in [6.07, 6.45) is 0.486. The normalized spacial score (nSPS) is 24.0. The monoisotopic (exact) mass is 353 g/mol. The maximum Gasteiger partial charge on any atom is 0.227 e. The number of quaternary nitrogens is 1. The number of hydrogen-bond donors (Lipinski definition) is 1. The highest BCUT2D eigenvalue weighted by Gasteiger charge is 2.36. The second kappa shape index (κ2) is 7.11. The number of amides is 1. The predicted molar refractivity (Wildman–Crippen MR) is 90.7 cm³/mol. The van der Waals surface area contributed by atoms with Crippen molar-refractivity contribution >= 4 is 15.7 Å². The summed E-state index contributed by atoms with van der Waals surface area (Å²) in [7, 11) is -1.34. The zero-order valence-corrected chi connectivity index (χ0v) is 14.8. The van der Waals surface area contributed by atoms with Crippen LogP contribution in [-0.4, -0.2) is 64.0 Å². The van der Waals surface area contributed by atoms with Crippen LogP contribution in [0.3, 0.4) is 0 Å². The number of hydrogen-bond acceptors (Lipinski definition) is 4. The van der Waals surface area contributed by atoms with Gasteiger partial charge < -0.3 is 14.5 Å². The van der Waals surface area contributed by atoms with Crippen LogP contribution in [0.5, 0.6) is 5.75 Å². The molecular weight excluding hydrogens is 328 g/mol. The van der Waals surface area contributed by atoms with E-state index in [9.17, 15) is 13.2 Å². The van der Waals surface area contributed by atoms with Crippen molar-refractivity contribution in [2.75, 3.05) is 44.8 Å². The van der Waals surface area contributed by atoms with Gasteiger partial charge in [-0.05, 0) is 30.7 Å². The standard InChI is InChI=1S/C17H24N2O4S/c1-23-16-4-2-14(3-5-16)12-18-7-9-19(10-8-18)17(20)15-6-11-24(21,22)13-15/h2-5,15H,6-13H2,1H3/p+1/t15-/m0/s1. The second-order valence-corrected chi connectivity index (χ2v) is 8.93. The molecule has 3 rings (SSSR count). The van der Waals surface area contributed by atoms with Crippen LogP contribution in [0.4, 0.5) is 0 Å². The number of methoxy groups -OCH3 is 1. The molecule has 2 fully saturated rings. The van der Waals surface area contributed by atoms with Gasteiger partial charge in [0, 0.05) is 5.56 Å². The third-order valence-electron chi connectivity index (χ3n) is 4.98. The first-order valence-electron chi connectivity index (χ1n) is 8.42. The lowest BCUT2D eigenvalue weighted by atomic mass is 10.1. The van der Waals surface area contributed by atoms with E-state index in [2.05, 4.69) is 12.1 Å². The molecule has 1 atom stereocenters. The summed E-state index contributed by atoms with van der Waals surface area (Å²) in [4.78, 5) is 15.8. The maximum atomic E-state index is 12.5. The van der Waals surface area contributed by atoms with E-state index in [1.807, 2.05) is 17.0 Å². The fraction of sp³-hybridized carbons (Fsp3) is 0.588. The van der Waals surface area contributed by atoms with Gasteiger partial charge in [-0.2, -0.15) is 0 Å². The van der Waals surface area contributed by atoms with Crippen LogP contribution in [-0.2, 0) is 21.2 Å². The Morgan fingerprint density at radius 1 is 1.25 bits per heavy atom. The van der Waals surface area contributed by atoms with E-state index < -0.39 is 9.84 Å².